The Labute approximate surface area is 95.9 Å². The molecule has 0 atom stereocenters. The number of fused-ring (bicyclic) bond motifs is 1. The van der Waals surface area contributed by atoms with E-state index in [1.807, 2.05) is 0 Å². The number of ether oxygens (including phenoxy) is 2. The summed E-state index contributed by atoms with van der Waals surface area (Å²) in [5, 5.41) is 3.51. The van der Waals surface area contributed by atoms with Gasteiger partial charge >= 0.3 is 0 Å². The van der Waals surface area contributed by atoms with E-state index in [-0.39, 0.29) is 17.1 Å². The van der Waals surface area contributed by atoms with E-state index in [1.165, 1.54) is 18.2 Å². The van der Waals surface area contributed by atoms with Crippen molar-refractivity contribution in [2.45, 2.75) is 0 Å². The van der Waals surface area contributed by atoms with Gasteiger partial charge in [0, 0.05) is 12.1 Å². The molecule has 88 valence electrons. The van der Waals surface area contributed by atoms with Crippen LogP contribution in [0.1, 0.15) is 0 Å². The summed E-state index contributed by atoms with van der Waals surface area (Å²) in [6.45, 7) is 0.859. The van der Waals surface area contributed by atoms with Crippen molar-refractivity contribution in [2.24, 2.45) is 0 Å². The van der Waals surface area contributed by atoms with Gasteiger partial charge in [0.1, 0.15) is 19.0 Å². The minimum Gasteiger partial charge on any atom is -0.486 e. The first-order chi connectivity index (χ1) is 8.24. The summed E-state index contributed by atoms with van der Waals surface area (Å²) < 4.78 is 29.3. The lowest BCUT2D eigenvalue weighted by molar-refractivity contribution is 0.171. The van der Waals surface area contributed by atoms with Crippen LogP contribution in [0.5, 0.6) is 11.5 Å². The molecule has 17 heavy (non-hydrogen) atoms. The molecule has 0 saturated heterocycles. The standard InChI is InChI=1S/C11H9FN2O3/c12-7-4-10-9(15-1-2-16-10)3-6(7)8-5-11(13)14-17-8/h3-5H,1-2H2,(H2,13,14). The maximum Gasteiger partial charge on any atom is 0.172 e. The van der Waals surface area contributed by atoms with E-state index < -0.39 is 5.82 Å². The fourth-order valence-corrected chi connectivity index (χ4v) is 1.67. The Morgan fingerprint density at radius 1 is 1.12 bits per heavy atom. The third kappa shape index (κ3) is 1.67. The molecule has 1 aromatic carbocycles. The summed E-state index contributed by atoms with van der Waals surface area (Å²) >= 11 is 0. The number of nitrogens with two attached hydrogens (primary N) is 1. The Kier molecular flexibility index (Phi) is 2.14. The highest BCUT2D eigenvalue weighted by Crippen LogP contribution is 2.37. The minimum atomic E-state index is -0.467. The number of rotatable bonds is 1. The second-order valence-electron chi connectivity index (χ2n) is 3.59. The summed E-state index contributed by atoms with van der Waals surface area (Å²) in [4.78, 5) is 0. The number of aromatic nitrogens is 1. The molecule has 0 unspecified atom stereocenters. The molecule has 2 heterocycles. The van der Waals surface area contributed by atoms with Gasteiger partial charge in [0.25, 0.3) is 0 Å². The number of hydrogen-bond acceptors (Lipinski definition) is 5. The van der Waals surface area contributed by atoms with Crippen LogP contribution in [-0.4, -0.2) is 18.4 Å². The lowest BCUT2D eigenvalue weighted by Crippen LogP contribution is -2.15. The van der Waals surface area contributed by atoms with Crippen LogP contribution in [0.4, 0.5) is 10.2 Å². The predicted octanol–water partition coefficient (Wildman–Crippen LogP) is 1.83. The number of halogens is 1. The molecule has 6 heteroatoms. The van der Waals surface area contributed by atoms with Crippen molar-refractivity contribution in [3.05, 3.63) is 24.0 Å². The molecule has 5 nitrogen and oxygen atoms in total. The van der Waals surface area contributed by atoms with Gasteiger partial charge in [-0.2, -0.15) is 0 Å². The van der Waals surface area contributed by atoms with Crippen molar-refractivity contribution < 1.29 is 18.4 Å². The summed E-state index contributed by atoms with van der Waals surface area (Å²) in [5.41, 5.74) is 5.67. The lowest BCUT2D eigenvalue weighted by atomic mass is 10.1. The van der Waals surface area contributed by atoms with Crippen LogP contribution >= 0.6 is 0 Å². The third-order valence-corrected chi connectivity index (χ3v) is 2.43. The minimum absolute atomic E-state index is 0.203. The number of hydrogen-bond donors (Lipinski definition) is 1. The van der Waals surface area contributed by atoms with Gasteiger partial charge < -0.3 is 19.7 Å². The van der Waals surface area contributed by atoms with Gasteiger partial charge in [-0.1, -0.05) is 5.16 Å². The fraction of sp³-hybridized carbons (Fsp3) is 0.182. The molecule has 0 spiro atoms. The van der Waals surface area contributed by atoms with Crippen molar-refractivity contribution in [1.29, 1.82) is 0 Å². The Bertz CT molecular complexity index is 568. The van der Waals surface area contributed by atoms with Crippen LogP contribution in [-0.2, 0) is 0 Å². The molecule has 3 rings (SSSR count). The molecule has 0 fully saturated rings. The molecule has 0 bridgehead atoms. The highest BCUT2D eigenvalue weighted by Gasteiger charge is 2.19. The van der Waals surface area contributed by atoms with Crippen molar-refractivity contribution in [1.82, 2.24) is 5.16 Å². The largest absolute Gasteiger partial charge is 0.486 e. The zero-order valence-corrected chi connectivity index (χ0v) is 8.77. The summed E-state index contributed by atoms with van der Waals surface area (Å²) in [6, 6.07) is 4.24. The maximum absolute atomic E-state index is 13.8. The summed E-state index contributed by atoms with van der Waals surface area (Å²) in [6.07, 6.45) is 0. The van der Waals surface area contributed by atoms with Gasteiger partial charge in [-0.15, -0.1) is 0 Å². The van der Waals surface area contributed by atoms with Crippen LogP contribution in [0.15, 0.2) is 22.7 Å². The van der Waals surface area contributed by atoms with E-state index in [4.69, 9.17) is 19.7 Å². The van der Waals surface area contributed by atoms with Gasteiger partial charge in [0.2, 0.25) is 0 Å². The van der Waals surface area contributed by atoms with Crippen LogP contribution in [0.3, 0.4) is 0 Å². The van der Waals surface area contributed by atoms with Gasteiger partial charge in [-0.3, -0.25) is 0 Å². The SMILES string of the molecule is Nc1cc(-c2cc3c(cc2F)OCCO3)on1. The molecule has 0 aliphatic carbocycles. The van der Waals surface area contributed by atoms with Crippen molar-refractivity contribution in [2.75, 3.05) is 18.9 Å². The van der Waals surface area contributed by atoms with Crippen LogP contribution in [0.25, 0.3) is 11.3 Å². The average molecular weight is 236 g/mol. The van der Waals surface area contributed by atoms with Gasteiger partial charge in [-0.05, 0) is 6.07 Å². The van der Waals surface area contributed by atoms with E-state index in [0.717, 1.165) is 0 Å². The highest BCUT2D eigenvalue weighted by molar-refractivity contribution is 5.65. The quantitative estimate of drug-likeness (QED) is 0.817. The van der Waals surface area contributed by atoms with Crippen molar-refractivity contribution in [3.8, 4) is 22.8 Å². The summed E-state index contributed by atoms with van der Waals surface area (Å²) in [7, 11) is 0. The average Bonchev–Trinajstić information content (AvgIpc) is 2.75. The number of benzene rings is 1. The monoisotopic (exact) mass is 236 g/mol. The Morgan fingerprint density at radius 3 is 2.47 bits per heavy atom. The molecule has 2 aromatic rings. The summed E-state index contributed by atoms with van der Waals surface area (Å²) in [5.74, 6) is 0.879. The molecule has 1 aromatic heterocycles. The zero-order valence-electron chi connectivity index (χ0n) is 8.77. The van der Waals surface area contributed by atoms with Gasteiger partial charge in [-0.25, -0.2) is 4.39 Å². The van der Waals surface area contributed by atoms with Gasteiger partial charge in [0.05, 0.1) is 5.56 Å². The fourth-order valence-electron chi connectivity index (χ4n) is 1.67. The molecular formula is C11H9FN2O3. The number of nitrogens with zero attached hydrogens (tertiary/aromatic N) is 1. The first-order valence-corrected chi connectivity index (χ1v) is 5.06. The molecule has 1 aliphatic heterocycles. The highest BCUT2D eigenvalue weighted by atomic mass is 19.1. The first-order valence-electron chi connectivity index (χ1n) is 5.06. The molecule has 0 amide bonds. The lowest BCUT2D eigenvalue weighted by Gasteiger charge is -2.18. The topological polar surface area (TPSA) is 70.5 Å². The van der Waals surface area contributed by atoms with E-state index >= 15 is 0 Å². The van der Waals surface area contributed by atoms with Crippen molar-refractivity contribution >= 4 is 5.82 Å². The number of anilines is 1. The third-order valence-electron chi connectivity index (χ3n) is 2.43. The molecule has 0 saturated carbocycles. The molecule has 0 radical (unpaired) electrons. The Hall–Kier alpha value is -2.24. The van der Waals surface area contributed by atoms with E-state index in [9.17, 15) is 4.39 Å². The Balaban J connectivity index is 2.11. The Morgan fingerprint density at radius 2 is 1.82 bits per heavy atom. The second kappa shape index (κ2) is 3.65. The molecule has 1 aliphatic rings. The van der Waals surface area contributed by atoms with Crippen LogP contribution in [0, 0.1) is 5.82 Å². The van der Waals surface area contributed by atoms with Crippen LogP contribution < -0.4 is 15.2 Å². The first kappa shape index (κ1) is 9.95. The smallest absolute Gasteiger partial charge is 0.172 e. The number of nitrogen functional groups attached to an aromatic ring is 1. The van der Waals surface area contributed by atoms with Crippen molar-refractivity contribution in [3.63, 3.8) is 0 Å². The normalized spacial score (nSPS) is 13.7. The van der Waals surface area contributed by atoms with Crippen LogP contribution in [0.2, 0.25) is 0 Å². The van der Waals surface area contributed by atoms with E-state index in [2.05, 4.69) is 5.16 Å². The van der Waals surface area contributed by atoms with E-state index in [0.29, 0.717) is 24.7 Å². The van der Waals surface area contributed by atoms with Gasteiger partial charge in [0.15, 0.2) is 23.1 Å². The predicted molar refractivity (Wildman–Crippen MR) is 57.3 cm³/mol. The molecule has 2 N–H and O–H groups in total. The maximum atomic E-state index is 13.8. The zero-order chi connectivity index (χ0) is 11.8. The van der Waals surface area contributed by atoms with E-state index in [1.54, 1.807) is 0 Å². The second-order valence-corrected chi connectivity index (χ2v) is 3.59. The molecular weight excluding hydrogens is 227 g/mol.